The Hall–Kier alpha value is -0.920. The SMILES string of the molecule is C[C@@H](NS(=O)(=O)CCCC(=O)O)c1cccs1. The molecule has 7 heteroatoms. The smallest absolute Gasteiger partial charge is 0.303 e. The Morgan fingerprint density at radius 1 is 1.59 bits per heavy atom. The molecule has 1 aromatic heterocycles. The summed E-state index contributed by atoms with van der Waals surface area (Å²) in [5.41, 5.74) is 0. The van der Waals surface area contributed by atoms with E-state index in [2.05, 4.69) is 4.72 Å². The van der Waals surface area contributed by atoms with Crippen molar-refractivity contribution >= 4 is 27.3 Å². The maximum Gasteiger partial charge on any atom is 0.303 e. The second-order valence-electron chi connectivity index (χ2n) is 3.67. The maximum atomic E-state index is 11.6. The molecule has 1 heterocycles. The van der Waals surface area contributed by atoms with Crippen LogP contribution < -0.4 is 4.72 Å². The predicted molar refractivity (Wildman–Crippen MR) is 66.5 cm³/mol. The van der Waals surface area contributed by atoms with Crippen LogP contribution in [0.15, 0.2) is 17.5 Å². The monoisotopic (exact) mass is 277 g/mol. The molecule has 0 unspecified atom stereocenters. The highest BCUT2D eigenvalue weighted by atomic mass is 32.2. The third kappa shape index (κ3) is 5.29. The number of carboxylic acids is 1. The van der Waals surface area contributed by atoms with Gasteiger partial charge in [0.25, 0.3) is 0 Å². The molecule has 0 aliphatic heterocycles. The topological polar surface area (TPSA) is 83.5 Å². The highest BCUT2D eigenvalue weighted by Crippen LogP contribution is 2.19. The van der Waals surface area contributed by atoms with Gasteiger partial charge in [-0.15, -0.1) is 11.3 Å². The molecule has 0 amide bonds. The molecule has 0 bridgehead atoms. The van der Waals surface area contributed by atoms with Crippen LogP contribution in [0.2, 0.25) is 0 Å². The fourth-order valence-electron chi connectivity index (χ4n) is 1.34. The van der Waals surface area contributed by atoms with Crippen molar-refractivity contribution in [3.05, 3.63) is 22.4 Å². The highest BCUT2D eigenvalue weighted by Gasteiger charge is 2.16. The summed E-state index contributed by atoms with van der Waals surface area (Å²) in [7, 11) is -3.41. The van der Waals surface area contributed by atoms with Gasteiger partial charge in [-0.25, -0.2) is 13.1 Å². The average Bonchev–Trinajstić information content (AvgIpc) is 2.68. The van der Waals surface area contributed by atoms with Gasteiger partial charge in [-0.1, -0.05) is 6.07 Å². The molecule has 0 spiro atoms. The predicted octanol–water partition coefficient (Wildman–Crippen LogP) is 1.59. The van der Waals surface area contributed by atoms with Crippen molar-refractivity contribution < 1.29 is 18.3 Å². The van der Waals surface area contributed by atoms with Gasteiger partial charge in [0.15, 0.2) is 0 Å². The number of sulfonamides is 1. The van der Waals surface area contributed by atoms with Crippen molar-refractivity contribution in [1.82, 2.24) is 4.72 Å². The van der Waals surface area contributed by atoms with Gasteiger partial charge in [-0.2, -0.15) is 0 Å². The fraction of sp³-hybridized carbons (Fsp3) is 0.500. The Labute approximate surface area is 105 Å². The molecular formula is C10H15NO4S2. The Balaban J connectivity index is 2.46. The van der Waals surface area contributed by atoms with Crippen molar-refractivity contribution in [2.75, 3.05) is 5.75 Å². The fourth-order valence-corrected chi connectivity index (χ4v) is 3.45. The molecule has 0 radical (unpaired) electrons. The summed E-state index contributed by atoms with van der Waals surface area (Å²) in [6.45, 7) is 1.76. The third-order valence-corrected chi connectivity index (χ3v) is 4.72. The van der Waals surface area contributed by atoms with Gasteiger partial charge in [-0.05, 0) is 24.8 Å². The largest absolute Gasteiger partial charge is 0.481 e. The molecule has 96 valence electrons. The van der Waals surface area contributed by atoms with E-state index in [1.54, 1.807) is 6.92 Å². The summed E-state index contributed by atoms with van der Waals surface area (Å²) in [5.74, 6) is -1.14. The molecule has 0 saturated heterocycles. The van der Waals surface area contributed by atoms with Crippen LogP contribution in [0.25, 0.3) is 0 Å². The zero-order chi connectivity index (χ0) is 12.9. The molecule has 0 fully saturated rings. The maximum absolute atomic E-state index is 11.6. The summed E-state index contributed by atoms with van der Waals surface area (Å²) in [4.78, 5) is 11.2. The van der Waals surface area contributed by atoms with Gasteiger partial charge >= 0.3 is 5.97 Å². The van der Waals surface area contributed by atoms with Crippen LogP contribution in [0.5, 0.6) is 0 Å². The molecule has 0 aliphatic carbocycles. The van der Waals surface area contributed by atoms with Crippen LogP contribution >= 0.6 is 11.3 Å². The van der Waals surface area contributed by atoms with Crippen LogP contribution in [0.1, 0.15) is 30.7 Å². The van der Waals surface area contributed by atoms with E-state index in [0.29, 0.717) is 0 Å². The summed E-state index contributed by atoms with van der Waals surface area (Å²) in [6.07, 6.45) is -0.00385. The lowest BCUT2D eigenvalue weighted by molar-refractivity contribution is -0.137. The van der Waals surface area contributed by atoms with E-state index in [1.165, 1.54) is 11.3 Å². The lowest BCUT2D eigenvalue weighted by atomic mass is 10.3. The standard InChI is InChI=1S/C10H15NO4S2/c1-8(9-4-2-6-16-9)11-17(14,15)7-3-5-10(12)13/h2,4,6,8,11H,3,5,7H2,1H3,(H,12,13)/t8-/m1/s1. The van der Waals surface area contributed by atoms with E-state index in [0.717, 1.165) is 4.88 Å². The number of rotatable bonds is 7. The second kappa shape index (κ2) is 6.13. The number of carboxylic acid groups (broad SMARTS) is 1. The van der Waals surface area contributed by atoms with E-state index < -0.39 is 16.0 Å². The minimum absolute atomic E-state index is 0.127. The molecule has 0 aromatic carbocycles. The second-order valence-corrected chi connectivity index (χ2v) is 6.52. The van der Waals surface area contributed by atoms with Gasteiger partial charge in [0.1, 0.15) is 0 Å². The first-order valence-electron chi connectivity index (χ1n) is 5.16. The highest BCUT2D eigenvalue weighted by molar-refractivity contribution is 7.89. The molecule has 17 heavy (non-hydrogen) atoms. The van der Waals surface area contributed by atoms with Crippen LogP contribution in [0, 0.1) is 0 Å². The Kier molecular flexibility index (Phi) is 5.10. The zero-order valence-electron chi connectivity index (χ0n) is 9.42. The third-order valence-electron chi connectivity index (χ3n) is 2.13. The normalized spacial score (nSPS) is 13.5. The van der Waals surface area contributed by atoms with E-state index in [1.807, 2.05) is 17.5 Å². The molecule has 1 atom stereocenters. The van der Waals surface area contributed by atoms with Crippen molar-refractivity contribution in [2.45, 2.75) is 25.8 Å². The lowest BCUT2D eigenvalue weighted by Crippen LogP contribution is -2.28. The summed E-state index contributed by atoms with van der Waals surface area (Å²) >= 11 is 1.48. The lowest BCUT2D eigenvalue weighted by Gasteiger charge is -2.12. The van der Waals surface area contributed by atoms with E-state index in [9.17, 15) is 13.2 Å². The van der Waals surface area contributed by atoms with Gasteiger partial charge in [0.2, 0.25) is 10.0 Å². The Morgan fingerprint density at radius 3 is 2.82 bits per heavy atom. The van der Waals surface area contributed by atoms with Crippen LogP contribution in [-0.4, -0.2) is 25.2 Å². The first-order chi connectivity index (χ1) is 7.91. The van der Waals surface area contributed by atoms with E-state index in [4.69, 9.17) is 5.11 Å². The Morgan fingerprint density at radius 2 is 2.29 bits per heavy atom. The first-order valence-corrected chi connectivity index (χ1v) is 7.69. The van der Waals surface area contributed by atoms with Crippen LogP contribution in [0.4, 0.5) is 0 Å². The zero-order valence-corrected chi connectivity index (χ0v) is 11.1. The first kappa shape index (κ1) is 14.1. The minimum atomic E-state index is -3.41. The summed E-state index contributed by atoms with van der Waals surface area (Å²) in [6, 6.07) is 3.44. The van der Waals surface area contributed by atoms with Crippen molar-refractivity contribution in [3.8, 4) is 0 Å². The number of hydrogen-bond donors (Lipinski definition) is 2. The molecule has 1 rings (SSSR count). The molecule has 0 aliphatic rings. The Bertz CT molecular complexity index is 453. The van der Waals surface area contributed by atoms with Crippen molar-refractivity contribution in [3.63, 3.8) is 0 Å². The molecular weight excluding hydrogens is 262 g/mol. The van der Waals surface area contributed by atoms with Crippen LogP contribution in [0.3, 0.4) is 0 Å². The number of aliphatic carboxylic acids is 1. The van der Waals surface area contributed by atoms with E-state index >= 15 is 0 Å². The summed E-state index contributed by atoms with van der Waals surface area (Å²) < 4.78 is 25.8. The molecule has 0 saturated carbocycles. The van der Waals surface area contributed by atoms with Crippen LogP contribution in [-0.2, 0) is 14.8 Å². The number of thiophene rings is 1. The van der Waals surface area contributed by atoms with Gasteiger partial charge in [-0.3, -0.25) is 4.79 Å². The van der Waals surface area contributed by atoms with Crippen molar-refractivity contribution in [2.24, 2.45) is 0 Å². The summed E-state index contributed by atoms with van der Waals surface area (Å²) in [5, 5.41) is 10.3. The van der Waals surface area contributed by atoms with E-state index in [-0.39, 0.29) is 24.6 Å². The number of nitrogens with one attached hydrogen (secondary N) is 1. The average molecular weight is 277 g/mol. The quantitative estimate of drug-likeness (QED) is 0.793. The molecule has 5 nitrogen and oxygen atoms in total. The van der Waals surface area contributed by atoms with Gasteiger partial charge < -0.3 is 5.11 Å². The number of carbonyl (C=O) groups is 1. The van der Waals surface area contributed by atoms with Gasteiger partial charge in [0, 0.05) is 11.3 Å². The number of hydrogen-bond acceptors (Lipinski definition) is 4. The minimum Gasteiger partial charge on any atom is -0.481 e. The molecule has 1 aromatic rings. The molecule has 2 N–H and O–H groups in total. The van der Waals surface area contributed by atoms with Crippen molar-refractivity contribution in [1.29, 1.82) is 0 Å². The van der Waals surface area contributed by atoms with Gasteiger partial charge in [0.05, 0.1) is 11.8 Å².